The Bertz CT molecular complexity index is 1470. The standard InChI is InChI=1S/C28H24N4O3S/c33-16-19(17-34)13-18-14-24(20-7-2-1-3-8-20)30-25(15-18)26(35)31-22-10-5-4-9-21(22)27-32-23-11-6-12-29-28(23)36-27/h1-12,14-15,19,33-34H,13,16-17H2,(H,31,35). The molecule has 0 aliphatic heterocycles. The van der Waals surface area contributed by atoms with Crippen LogP contribution < -0.4 is 5.32 Å². The predicted molar refractivity (Wildman–Crippen MR) is 142 cm³/mol. The van der Waals surface area contributed by atoms with Gasteiger partial charge in [0.1, 0.15) is 21.0 Å². The Balaban J connectivity index is 1.49. The van der Waals surface area contributed by atoms with Gasteiger partial charge in [-0.3, -0.25) is 4.79 Å². The maximum atomic E-state index is 13.4. The third kappa shape index (κ3) is 5.16. The zero-order valence-electron chi connectivity index (χ0n) is 19.3. The minimum Gasteiger partial charge on any atom is -0.396 e. The van der Waals surface area contributed by atoms with Gasteiger partial charge in [0, 0.05) is 36.5 Å². The molecule has 0 unspecified atom stereocenters. The zero-order valence-corrected chi connectivity index (χ0v) is 20.2. The molecule has 0 saturated carbocycles. The lowest BCUT2D eigenvalue weighted by Crippen LogP contribution is -2.17. The van der Waals surface area contributed by atoms with Gasteiger partial charge in [0.2, 0.25) is 0 Å². The second kappa shape index (κ2) is 10.7. The highest BCUT2D eigenvalue weighted by Crippen LogP contribution is 2.34. The number of benzene rings is 2. The second-order valence-corrected chi connectivity index (χ2v) is 9.37. The summed E-state index contributed by atoms with van der Waals surface area (Å²) in [6.45, 7) is -0.295. The molecule has 8 heteroatoms. The molecule has 5 rings (SSSR count). The summed E-state index contributed by atoms with van der Waals surface area (Å²) in [7, 11) is 0. The number of aliphatic hydroxyl groups is 2. The molecule has 3 aromatic heterocycles. The summed E-state index contributed by atoms with van der Waals surface area (Å²) in [4.78, 5) is 28.0. The molecule has 2 aromatic carbocycles. The van der Waals surface area contributed by atoms with Gasteiger partial charge in [0.05, 0.1) is 11.4 Å². The molecule has 0 atom stereocenters. The number of hydrogen-bond donors (Lipinski definition) is 3. The van der Waals surface area contributed by atoms with Crippen LogP contribution in [0.2, 0.25) is 0 Å². The molecular weight excluding hydrogens is 472 g/mol. The number of carbonyl (C=O) groups is 1. The Morgan fingerprint density at radius 2 is 1.69 bits per heavy atom. The van der Waals surface area contributed by atoms with Crippen molar-refractivity contribution in [1.82, 2.24) is 15.0 Å². The number of rotatable bonds is 8. The fourth-order valence-corrected chi connectivity index (χ4v) is 4.90. The lowest BCUT2D eigenvalue weighted by molar-refractivity contribution is 0.102. The summed E-state index contributed by atoms with van der Waals surface area (Å²) in [6.07, 6.45) is 2.16. The van der Waals surface area contributed by atoms with Crippen LogP contribution in [-0.2, 0) is 6.42 Å². The summed E-state index contributed by atoms with van der Waals surface area (Å²) in [6, 6.07) is 24.5. The number of nitrogens with one attached hydrogen (secondary N) is 1. The van der Waals surface area contributed by atoms with Gasteiger partial charge in [-0.1, -0.05) is 53.8 Å². The van der Waals surface area contributed by atoms with E-state index < -0.39 is 0 Å². The van der Waals surface area contributed by atoms with Gasteiger partial charge in [-0.2, -0.15) is 0 Å². The molecule has 0 saturated heterocycles. The monoisotopic (exact) mass is 496 g/mol. The minimum absolute atomic E-state index is 0.147. The number of amides is 1. The highest BCUT2D eigenvalue weighted by atomic mass is 32.1. The van der Waals surface area contributed by atoms with E-state index in [0.717, 1.165) is 32.0 Å². The van der Waals surface area contributed by atoms with Crippen LogP contribution >= 0.6 is 11.3 Å². The molecule has 1 amide bonds. The lowest BCUT2D eigenvalue weighted by atomic mass is 9.98. The fraction of sp³-hybridized carbons (Fsp3) is 0.143. The van der Waals surface area contributed by atoms with Crippen LogP contribution in [0, 0.1) is 5.92 Å². The Morgan fingerprint density at radius 1 is 0.917 bits per heavy atom. The van der Waals surface area contributed by atoms with Gasteiger partial charge in [-0.15, -0.1) is 0 Å². The van der Waals surface area contributed by atoms with Crippen LogP contribution in [0.15, 0.2) is 85.1 Å². The van der Waals surface area contributed by atoms with Crippen molar-refractivity contribution >= 4 is 33.3 Å². The van der Waals surface area contributed by atoms with Crippen LogP contribution in [-0.4, -0.2) is 44.3 Å². The Kier molecular flexibility index (Phi) is 7.08. The minimum atomic E-state index is -0.356. The van der Waals surface area contributed by atoms with Crippen molar-refractivity contribution in [2.75, 3.05) is 18.5 Å². The SMILES string of the molecule is O=C(Nc1ccccc1-c1nc2cccnc2s1)c1cc(CC(CO)CO)cc(-c2ccccc2)n1. The molecule has 0 aliphatic carbocycles. The predicted octanol–water partition coefficient (Wildman–Crippen LogP) is 4.82. The maximum Gasteiger partial charge on any atom is 0.274 e. The van der Waals surface area contributed by atoms with Crippen molar-refractivity contribution in [2.45, 2.75) is 6.42 Å². The quantitative estimate of drug-likeness (QED) is 0.284. The average Bonchev–Trinajstić information content (AvgIpc) is 3.36. The van der Waals surface area contributed by atoms with Gasteiger partial charge in [-0.25, -0.2) is 15.0 Å². The molecular formula is C28H24N4O3S. The number of nitrogens with zero attached hydrogens (tertiary/aromatic N) is 3. The summed E-state index contributed by atoms with van der Waals surface area (Å²) in [5, 5.41) is 22.9. The number of carbonyl (C=O) groups excluding carboxylic acids is 1. The second-order valence-electron chi connectivity index (χ2n) is 8.39. The molecule has 0 spiro atoms. The van der Waals surface area contributed by atoms with E-state index in [1.807, 2.05) is 72.8 Å². The first-order valence-electron chi connectivity index (χ1n) is 11.5. The van der Waals surface area contributed by atoms with Crippen molar-refractivity contribution in [1.29, 1.82) is 0 Å². The van der Waals surface area contributed by atoms with Crippen molar-refractivity contribution in [3.8, 4) is 21.8 Å². The molecule has 0 aliphatic rings. The highest BCUT2D eigenvalue weighted by molar-refractivity contribution is 7.21. The number of hydrogen-bond acceptors (Lipinski definition) is 7. The average molecular weight is 497 g/mol. The van der Waals surface area contributed by atoms with Crippen molar-refractivity contribution < 1.29 is 15.0 Å². The Hall–Kier alpha value is -3.98. The number of fused-ring (bicyclic) bond motifs is 1. The number of aromatic nitrogens is 3. The van der Waals surface area contributed by atoms with Crippen molar-refractivity contribution in [3.05, 3.63) is 96.3 Å². The molecule has 36 heavy (non-hydrogen) atoms. The smallest absolute Gasteiger partial charge is 0.274 e. The lowest BCUT2D eigenvalue weighted by Gasteiger charge is -2.14. The van der Waals surface area contributed by atoms with Crippen LogP contribution in [0.25, 0.3) is 32.2 Å². The first-order valence-corrected chi connectivity index (χ1v) is 12.4. The Labute approximate surface area is 212 Å². The van der Waals surface area contributed by atoms with E-state index in [1.54, 1.807) is 12.3 Å². The van der Waals surface area contributed by atoms with Crippen molar-refractivity contribution in [3.63, 3.8) is 0 Å². The van der Waals surface area contributed by atoms with E-state index in [1.165, 1.54) is 11.3 Å². The molecule has 180 valence electrons. The van der Waals surface area contributed by atoms with Crippen molar-refractivity contribution in [2.24, 2.45) is 5.92 Å². The normalized spacial score (nSPS) is 11.2. The number of para-hydroxylation sites is 1. The summed E-state index contributed by atoms with van der Waals surface area (Å²) >= 11 is 1.46. The van der Waals surface area contributed by atoms with E-state index >= 15 is 0 Å². The molecule has 3 N–H and O–H groups in total. The van der Waals surface area contributed by atoms with E-state index in [2.05, 4.69) is 20.3 Å². The summed E-state index contributed by atoms with van der Waals surface area (Å²) < 4.78 is 0. The molecule has 0 fully saturated rings. The van der Waals surface area contributed by atoms with Crippen LogP contribution in [0.3, 0.4) is 0 Å². The largest absolute Gasteiger partial charge is 0.396 e. The van der Waals surface area contributed by atoms with E-state index in [-0.39, 0.29) is 30.7 Å². The first kappa shape index (κ1) is 23.7. The summed E-state index contributed by atoms with van der Waals surface area (Å²) in [5.74, 6) is -0.675. The number of aliphatic hydroxyl groups excluding tert-OH is 2. The van der Waals surface area contributed by atoms with Crippen LogP contribution in [0.5, 0.6) is 0 Å². The van der Waals surface area contributed by atoms with Crippen LogP contribution in [0.4, 0.5) is 5.69 Å². The molecule has 0 radical (unpaired) electrons. The third-order valence-electron chi connectivity index (χ3n) is 5.80. The highest BCUT2D eigenvalue weighted by Gasteiger charge is 2.17. The summed E-state index contributed by atoms with van der Waals surface area (Å²) in [5.41, 5.74) is 4.82. The maximum absolute atomic E-state index is 13.4. The molecule has 5 aromatic rings. The number of pyridine rings is 2. The van der Waals surface area contributed by atoms with E-state index in [4.69, 9.17) is 0 Å². The van der Waals surface area contributed by atoms with Gasteiger partial charge < -0.3 is 15.5 Å². The van der Waals surface area contributed by atoms with Gasteiger partial charge in [0.15, 0.2) is 0 Å². The van der Waals surface area contributed by atoms with E-state index in [0.29, 0.717) is 17.8 Å². The molecule has 7 nitrogen and oxygen atoms in total. The van der Waals surface area contributed by atoms with Gasteiger partial charge >= 0.3 is 0 Å². The number of anilines is 1. The number of thiazole rings is 1. The molecule has 0 bridgehead atoms. The van der Waals surface area contributed by atoms with Crippen LogP contribution in [0.1, 0.15) is 16.1 Å². The topological polar surface area (TPSA) is 108 Å². The van der Waals surface area contributed by atoms with E-state index in [9.17, 15) is 15.0 Å². The third-order valence-corrected chi connectivity index (χ3v) is 6.81. The fourth-order valence-electron chi connectivity index (χ4n) is 3.95. The molecule has 3 heterocycles. The Morgan fingerprint density at radius 3 is 2.47 bits per heavy atom. The van der Waals surface area contributed by atoms with Gasteiger partial charge in [0.25, 0.3) is 5.91 Å². The zero-order chi connectivity index (χ0) is 24.9. The first-order chi connectivity index (χ1) is 17.6. The van der Waals surface area contributed by atoms with Gasteiger partial charge in [-0.05, 0) is 48.4 Å².